The molecule has 2 N–H and O–H groups in total. The van der Waals surface area contributed by atoms with E-state index in [2.05, 4.69) is 15.0 Å². The number of aromatic nitrogens is 2. The molecule has 0 amide bonds. The topological polar surface area (TPSA) is 64.2 Å². The summed E-state index contributed by atoms with van der Waals surface area (Å²) in [6.07, 6.45) is 2.61. The van der Waals surface area contributed by atoms with Gasteiger partial charge in [0.15, 0.2) is 0 Å². The number of aliphatic imine (C=N–C) groups is 1. The van der Waals surface area contributed by atoms with Crippen LogP contribution in [0.1, 0.15) is 11.4 Å². The molecule has 0 fully saturated rings. The molecule has 0 bridgehead atoms. The maximum Gasteiger partial charge on any atom is 0.220 e. The first-order chi connectivity index (χ1) is 5.27. The van der Waals surface area contributed by atoms with Gasteiger partial charge in [-0.15, -0.1) is 0 Å². The lowest BCUT2D eigenvalue weighted by Crippen LogP contribution is -1.99. The molecule has 1 aliphatic heterocycles. The highest BCUT2D eigenvalue weighted by atomic mass is 15.0. The molecule has 2 rings (SSSR count). The highest BCUT2D eigenvalue weighted by Gasteiger charge is 2.12. The van der Waals surface area contributed by atoms with E-state index in [0.29, 0.717) is 5.95 Å². The average Bonchev–Trinajstić information content (AvgIpc) is 2.34. The van der Waals surface area contributed by atoms with Gasteiger partial charge in [0.2, 0.25) is 5.95 Å². The minimum absolute atomic E-state index is 0.340. The quantitative estimate of drug-likeness (QED) is 0.586. The zero-order valence-corrected chi connectivity index (χ0v) is 6.20. The fourth-order valence-electron chi connectivity index (χ4n) is 1.18. The van der Waals surface area contributed by atoms with Gasteiger partial charge in [0.05, 0.1) is 11.4 Å². The predicted octanol–water partition coefficient (Wildman–Crippen LogP) is 0.626. The van der Waals surface area contributed by atoms with Crippen LogP contribution in [0, 0.1) is 6.92 Å². The first kappa shape index (κ1) is 6.27. The van der Waals surface area contributed by atoms with Gasteiger partial charge in [0.25, 0.3) is 0 Å². The summed E-state index contributed by atoms with van der Waals surface area (Å²) in [4.78, 5) is 12.2. The summed E-state index contributed by atoms with van der Waals surface area (Å²) in [5, 5.41) is 0. The molecule has 2 heterocycles. The molecule has 1 aromatic rings. The monoisotopic (exact) mass is 148 g/mol. The molecular weight excluding hydrogens is 140 g/mol. The van der Waals surface area contributed by atoms with E-state index in [1.54, 1.807) is 0 Å². The number of aryl methyl sites for hydroxylation is 1. The van der Waals surface area contributed by atoms with Crippen molar-refractivity contribution in [3.8, 4) is 0 Å². The Morgan fingerprint density at radius 1 is 1.45 bits per heavy atom. The maximum absolute atomic E-state index is 5.45. The van der Waals surface area contributed by atoms with E-state index in [4.69, 9.17) is 5.73 Å². The van der Waals surface area contributed by atoms with Crippen molar-refractivity contribution in [2.75, 3.05) is 5.73 Å². The van der Waals surface area contributed by atoms with Crippen LogP contribution in [0.2, 0.25) is 0 Å². The van der Waals surface area contributed by atoms with Crippen molar-refractivity contribution in [2.24, 2.45) is 4.99 Å². The van der Waals surface area contributed by atoms with Gasteiger partial charge in [-0.25, -0.2) is 9.97 Å². The number of hydrogen-bond donors (Lipinski definition) is 1. The third-order valence-electron chi connectivity index (χ3n) is 1.65. The molecule has 56 valence electrons. The Labute approximate surface area is 64.2 Å². The number of rotatable bonds is 0. The van der Waals surface area contributed by atoms with Gasteiger partial charge >= 0.3 is 0 Å². The zero-order chi connectivity index (χ0) is 7.84. The van der Waals surface area contributed by atoms with Gasteiger partial charge in [-0.1, -0.05) is 0 Å². The average molecular weight is 148 g/mol. The van der Waals surface area contributed by atoms with Crippen LogP contribution < -0.4 is 5.73 Å². The maximum atomic E-state index is 5.45. The van der Waals surface area contributed by atoms with Crippen LogP contribution in [-0.4, -0.2) is 16.2 Å². The third-order valence-corrected chi connectivity index (χ3v) is 1.65. The van der Waals surface area contributed by atoms with Crippen molar-refractivity contribution in [3.05, 3.63) is 11.4 Å². The molecule has 4 heteroatoms. The number of nitrogens with two attached hydrogens (primary N) is 1. The van der Waals surface area contributed by atoms with Crippen molar-refractivity contribution < 1.29 is 0 Å². The van der Waals surface area contributed by atoms with Gasteiger partial charge in [-0.05, 0) is 6.92 Å². The third kappa shape index (κ3) is 0.869. The number of nitrogen functional groups attached to an aromatic ring is 1. The summed E-state index contributed by atoms with van der Waals surface area (Å²) in [6.45, 7) is 1.89. The second-order valence-electron chi connectivity index (χ2n) is 2.48. The standard InChI is InChI=1S/C7H8N4/c1-4-6-5(2-3-9-6)11-7(8)10-4/h3H,2H2,1H3,(H2,8,10,11). The minimum atomic E-state index is 0.340. The fraction of sp³-hybridized carbons (Fsp3) is 0.286. The Balaban J connectivity index is 2.67. The van der Waals surface area contributed by atoms with Crippen molar-refractivity contribution in [1.82, 2.24) is 9.97 Å². The lowest BCUT2D eigenvalue weighted by molar-refractivity contribution is 1.07. The smallest absolute Gasteiger partial charge is 0.220 e. The van der Waals surface area contributed by atoms with Crippen LogP contribution >= 0.6 is 0 Å². The summed E-state index contributed by atoms with van der Waals surface area (Å²) in [5.74, 6) is 0.340. The van der Waals surface area contributed by atoms with E-state index in [1.165, 1.54) is 0 Å². The normalized spacial score (nSPS) is 13.5. The highest BCUT2D eigenvalue weighted by molar-refractivity contribution is 5.75. The first-order valence-electron chi connectivity index (χ1n) is 3.43. The van der Waals surface area contributed by atoms with Crippen molar-refractivity contribution >= 4 is 17.9 Å². The molecule has 0 aliphatic carbocycles. The first-order valence-corrected chi connectivity index (χ1v) is 3.43. The molecule has 0 unspecified atom stereocenters. The van der Waals surface area contributed by atoms with Crippen LogP contribution in [0.15, 0.2) is 4.99 Å². The largest absolute Gasteiger partial charge is 0.368 e. The van der Waals surface area contributed by atoms with E-state index in [0.717, 1.165) is 23.5 Å². The Morgan fingerprint density at radius 3 is 3.09 bits per heavy atom. The Bertz CT molecular complexity index is 329. The number of hydrogen-bond acceptors (Lipinski definition) is 4. The SMILES string of the molecule is Cc1nc(N)nc2c1N=CC2. The molecule has 11 heavy (non-hydrogen) atoms. The molecule has 1 aromatic heterocycles. The van der Waals surface area contributed by atoms with Gasteiger partial charge in [-0.2, -0.15) is 0 Å². The van der Waals surface area contributed by atoms with Gasteiger partial charge < -0.3 is 5.73 Å². The highest BCUT2D eigenvalue weighted by Crippen LogP contribution is 2.25. The molecule has 0 aromatic carbocycles. The van der Waals surface area contributed by atoms with Gasteiger partial charge in [0.1, 0.15) is 5.69 Å². The molecular formula is C7H8N4. The fourth-order valence-corrected chi connectivity index (χ4v) is 1.18. The van der Waals surface area contributed by atoms with Crippen molar-refractivity contribution in [2.45, 2.75) is 13.3 Å². The van der Waals surface area contributed by atoms with Crippen molar-refractivity contribution in [1.29, 1.82) is 0 Å². The molecule has 1 aliphatic rings. The number of anilines is 1. The van der Waals surface area contributed by atoms with Gasteiger partial charge in [-0.3, -0.25) is 4.99 Å². The van der Waals surface area contributed by atoms with E-state index in [1.807, 2.05) is 13.1 Å². The van der Waals surface area contributed by atoms with Gasteiger partial charge in [0, 0.05) is 12.6 Å². The molecule has 0 radical (unpaired) electrons. The Kier molecular flexibility index (Phi) is 1.15. The molecule has 0 saturated carbocycles. The van der Waals surface area contributed by atoms with E-state index in [-0.39, 0.29) is 0 Å². The summed E-state index contributed by atoms with van der Waals surface area (Å²) >= 11 is 0. The van der Waals surface area contributed by atoms with Crippen LogP contribution in [-0.2, 0) is 6.42 Å². The predicted molar refractivity (Wildman–Crippen MR) is 43.0 cm³/mol. The Morgan fingerprint density at radius 2 is 2.27 bits per heavy atom. The van der Waals surface area contributed by atoms with E-state index < -0.39 is 0 Å². The lowest BCUT2D eigenvalue weighted by Gasteiger charge is -2.00. The lowest BCUT2D eigenvalue weighted by atomic mass is 10.2. The van der Waals surface area contributed by atoms with Crippen LogP contribution in [0.25, 0.3) is 0 Å². The molecule has 0 saturated heterocycles. The minimum Gasteiger partial charge on any atom is -0.368 e. The van der Waals surface area contributed by atoms with E-state index >= 15 is 0 Å². The molecule has 4 nitrogen and oxygen atoms in total. The van der Waals surface area contributed by atoms with Crippen LogP contribution in [0.3, 0.4) is 0 Å². The number of fused-ring (bicyclic) bond motifs is 1. The van der Waals surface area contributed by atoms with E-state index in [9.17, 15) is 0 Å². The Hall–Kier alpha value is -1.45. The summed E-state index contributed by atoms with van der Waals surface area (Å²) < 4.78 is 0. The number of nitrogens with zero attached hydrogens (tertiary/aromatic N) is 3. The summed E-state index contributed by atoms with van der Waals surface area (Å²) in [6, 6.07) is 0. The second kappa shape index (κ2) is 2.02. The molecule has 0 spiro atoms. The van der Waals surface area contributed by atoms with Crippen LogP contribution in [0.4, 0.5) is 11.6 Å². The summed E-state index contributed by atoms with van der Waals surface area (Å²) in [5.41, 5.74) is 8.14. The second-order valence-corrected chi connectivity index (χ2v) is 2.48. The summed E-state index contributed by atoms with van der Waals surface area (Å²) in [7, 11) is 0. The molecule has 0 atom stereocenters. The zero-order valence-electron chi connectivity index (χ0n) is 6.20. The van der Waals surface area contributed by atoms with Crippen LogP contribution in [0.5, 0.6) is 0 Å². The van der Waals surface area contributed by atoms with Crippen molar-refractivity contribution in [3.63, 3.8) is 0 Å².